The normalized spacial score (nSPS) is 11.8. The third kappa shape index (κ3) is 5.33. The molecule has 0 saturated heterocycles. The number of rotatable bonds is 7. The molecule has 0 unspecified atom stereocenters. The van der Waals surface area contributed by atoms with Gasteiger partial charge in [0.2, 0.25) is 12.7 Å². The first-order valence-corrected chi connectivity index (χ1v) is 11.1. The first-order valence-electron chi connectivity index (χ1n) is 9.77. The maximum atomic E-state index is 13.0. The van der Waals surface area contributed by atoms with Crippen LogP contribution in [0.15, 0.2) is 65.8 Å². The molecule has 1 aromatic heterocycles. The topological polar surface area (TPSA) is 80.8 Å². The number of amides is 2. The largest absolute Gasteiger partial charge is 0.454 e. The van der Waals surface area contributed by atoms with E-state index in [-0.39, 0.29) is 24.4 Å². The van der Waals surface area contributed by atoms with Gasteiger partial charge in [0.1, 0.15) is 5.03 Å². The summed E-state index contributed by atoms with van der Waals surface area (Å²) in [5, 5.41) is 3.97. The molecule has 4 rings (SSSR count). The average Bonchev–Trinajstić information content (AvgIpc) is 3.27. The van der Waals surface area contributed by atoms with Gasteiger partial charge in [-0.2, -0.15) is 0 Å². The molecule has 1 N–H and O–H groups in total. The molecule has 0 bridgehead atoms. The third-order valence-electron chi connectivity index (χ3n) is 4.68. The van der Waals surface area contributed by atoms with Gasteiger partial charge in [0.15, 0.2) is 11.5 Å². The molecular weight excluding hydrogens is 450 g/mol. The fraction of sp³-hybridized carbons (Fsp3) is 0.174. The monoisotopic (exact) mass is 469 g/mol. The lowest BCUT2D eigenvalue weighted by molar-refractivity contribution is -0.113. The second-order valence-electron chi connectivity index (χ2n) is 7.05. The summed E-state index contributed by atoms with van der Waals surface area (Å²) >= 11 is 7.14. The van der Waals surface area contributed by atoms with Crippen molar-refractivity contribution in [2.75, 3.05) is 24.9 Å². The number of benzene rings is 2. The van der Waals surface area contributed by atoms with E-state index in [1.807, 2.05) is 12.1 Å². The van der Waals surface area contributed by atoms with Crippen LogP contribution in [-0.4, -0.2) is 41.3 Å². The van der Waals surface area contributed by atoms with Crippen LogP contribution < -0.4 is 14.8 Å². The van der Waals surface area contributed by atoms with Gasteiger partial charge in [0, 0.05) is 36.6 Å². The Bertz CT molecular complexity index is 1140. The quantitative estimate of drug-likeness (QED) is 0.514. The number of halogens is 1. The summed E-state index contributed by atoms with van der Waals surface area (Å²) in [6, 6.07) is 16.0. The van der Waals surface area contributed by atoms with Crippen molar-refractivity contribution >= 4 is 40.9 Å². The van der Waals surface area contributed by atoms with E-state index in [1.54, 1.807) is 60.6 Å². The molecule has 9 heteroatoms. The van der Waals surface area contributed by atoms with Crippen LogP contribution in [0.5, 0.6) is 11.5 Å². The van der Waals surface area contributed by atoms with Gasteiger partial charge in [-0.3, -0.25) is 9.59 Å². The molecule has 0 atom stereocenters. The van der Waals surface area contributed by atoms with E-state index >= 15 is 0 Å². The zero-order chi connectivity index (χ0) is 22.5. The van der Waals surface area contributed by atoms with Gasteiger partial charge < -0.3 is 19.7 Å². The van der Waals surface area contributed by atoms with Gasteiger partial charge in [0.25, 0.3) is 5.91 Å². The zero-order valence-electron chi connectivity index (χ0n) is 17.2. The van der Waals surface area contributed by atoms with Crippen LogP contribution in [0.1, 0.15) is 15.9 Å². The van der Waals surface area contributed by atoms with E-state index in [9.17, 15) is 9.59 Å². The summed E-state index contributed by atoms with van der Waals surface area (Å²) in [5.74, 6) is 0.958. The summed E-state index contributed by atoms with van der Waals surface area (Å²) in [5.41, 5.74) is 2.02. The molecule has 0 fully saturated rings. The molecule has 0 spiro atoms. The number of anilines is 1. The number of aromatic nitrogens is 1. The fourth-order valence-electron chi connectivity index (χ4n) is 3.11. The predicted octanol–water partition coefficient (Wildman–Crippen LogP) is 4.47. The zero-order valence-corrected chi connectivity index (χ0v) is 18.8. The average molecular weight is 470 g/mol. The van der Waals surface area contributed by atoms with Crippen LogP contribution in [0, 0.1) is 0 Å². The molecule has 1 aliphatic rings. The molecule has 164 valence electrons. The van der Waals surface area contributed by atoms with Gasteiger partial charge in [-0.05, 0) is 42.0 Å². The highest BCUT2D eigenvalue weighted by Gasteiger charge is 2.19. The van der Waals surface area contributed by atoms with Crippen molar-refractivity contribution in [2.45, 2.75) is 11.6 Å². The lowest BCUT2D eigenvalue weighted by Gasteiger charge is -2.18. The highest BCUT2D eigenvalue weighted by atomic mass is 35.5. The molecule has 7 nitrogen and oxygen atoms in total. The molecule has 2 heterocycles. The maximum Gasteiger partial charge on any atom is 0.256 e. The molecular formula is C23H20ClN3O4S. The Kier molecular flexibility index (Phi) is 6.82. The highest BCUT2D eigenvalue weighted by Crippen LogP contribution is 2.34. The predicted molar refractivity (Wildman–Crippen MR) is 123 cm³/mol. The number of hydrogen-bond acceptors (Lipinski definition) is 6. The van der Waals surface area contributed by atoms with Crippen molar-refractivity contribution in [3.63, 3.8) is 0 Å². The number of carbonyl (C=O) groups is 2. The minimum atomic E-state index is -0.215. The number of nitrogens with one attached hydrogen (secondary N) is 1. The van der Waals surface area contributed by atoms with Gasteiger partial charge >= 0.3 is 0 Å². The van der Waals surface area contributed by atoms with Crippen LogP contribution in [-0.2, 0) is 11.3 Å². The number of fused-ring (bicyclic) bond motifs is 1. The minimum Gasteiger partial charge on any atom is -0.454 e. The van der Waals surface area contributed by atoms with E-state index in [0.29, 0.717) is 39.3 Å². The minimum absolute atomic E-state index is 0.104. The fourth-order valence-corrected chi connectivity index (χ4v) is 4.03. The van der Waals surface area contributed by atoms with Crippen LogP contribution >= 0.6 is 23.4 Å². The molecule has 2 amide bonds. The molecule has 0 aliphatic carbocycles. The van der Waals surface area contributed by atoms with Crippen molar-refractivity contribution in [1.29, 1.82) is 0 Å². The lowest BCUT2D eigenvalue weighted by Crippen LogP contribution is -2.27. The summed E-state index contributed by atoms with van der Waals surface area (Å²) in [7, 11) is 1.73. The van der Waals surface area contributed by atoms with Gasteiger partial charge in [0.05, 0.1) is 11.3 Å². The number of hydrogen-bond donors (Lipinski definition) is 1. The van der Waals surface area contributed by atoms with E-state index in [4.69, 9.17) is 21.1 Å². The van der Waals surface area contributed by atoms with E-state index < -0.39 is 0 Å². The number of carbonyl (C=O) groups excluding carboxylic acids is 2. The Morgan fingerprint density at radius 2 is 1.91 bits per heavy atom. The Balaban J connectivity index is 1.37. The Morgan fingerprint density at radius 1 is 1.12 bits per heavy atom. The van der Waals surface area contributed by atoms with Crippen molar-refractivity contribution in [2.24, 2.45) is 0 Å². The summed E-state index contributed by atoms with van der Waals surface area (Å²) in [6.45, 7) is 0.602. The number of ether oxygens (including phenoxy) is 2. The molecule has 0 saturated carbocycles. The Labute approximate surface area is 194 Å². The van der Waals surface area contributed by atoms with Crippen molar-refractivity contribution < 1.29 is 19.1 Å². The van der Waals surface area contributed by atoms with Gasteiger partial charge in [-0.1, -0.05) is 35.5 Å². The van der Waals surface area contributed by atoms with Crippen LogP contribution in [0.4, 0.5) is 5.69 Å². The molecule has 2 aromatic carbocycles. The summed E-state index contributed by atoms with van der Waals surface area (Å²) < 4.78 is 10.6. The maximum absolute atomic E-state index is 13.0. The van der Waals surface area contributed by atoms with Crippen molar-refractivity contribution in [3.05, 3.63) is 76.9 Å². The smallest absolute Gasteiger partial charge is 0.256 e. The molecule has 32 heavy (non-hydrogen) atoms. The summed E-state index contributed by atoms with van der Waals surface area (Å²) in [4.78, 5) is 31.3. The van der Waals surface area contributed by atoms with Gasteiger partial charge in [-0.25, -0.2) is 4.98 Å². The van der Waals surface area contributed by atoms with Crippen LogP contribution in [0.25, 0.3) is 0 Å². The highest BCUT2D eigenvalue weighted by molar-refractivity contribution is 8.00. The summed E-state index contributed by atoms with van der Waals surface area (Å²) in [6.07, 6.45) is 1.61. The number of nitrogens with zero attached hydrogens (tertiary/aromatic N) is 2. The van der Waals surface area contributed by atoms with Crippen LogP contribution in [0.2, 0.25) is 5.02 Å². The van der Waals surface area contributed by atoms with E-state index in [1.165, 1.54) is 11.8 Å². The first kappa shape index (κ1) is 22.0. The standard InChI is InChI=1S/C23H20ClN3O4S/c1-27(12-15-4-6-16(24)7-5-15)23(29)18-3-2-10-25-22(18)32-13-21(28)26-17-8-9-19-20(11-17)31-14-30-19/h2-11H,12-14H2,1H3,(H,26,28). The van der Waals surface area contributed by atoms with Crippen LogP contribution in [0.3, 0.4) is 0 Å². The third-order valence-corrected chi connectivity index (χ3v) is 5.93. The van der Waals surface area contributed by atoms with Gasteiger partial charge in [-0.15, -0.1) is 0 Å². The lowest BCUT2D eigenvalue weighted by atomic mass is 10.2. The number of thioether (sulfide) groups is 1. The SMILES string of the molecule is CN(Cc1ccc(Cl)cc1)C(=O)c1cccnc1SCC(=O)Nc1ccc2c(c1)OCO2. The second kappa shape index (κ2) is 9.93. The number of pyridine rings is 1. The Hall–Kier alpha value is -3.23. The van der Waals surface area contributed by atoms with Crippen molar-refractivity contribution in [1.82, 2.24) is 9.88 Å². The second-order valence-corrected chi connectivity index (χ2v) is 8.45. The molecule has 1 aliphatic heterocycles. The van der Waals surface area contributed by atoms with E-state index in [2.05, 4.69) is 10.3 Å². The van der Waals surface area contributed by atoms with Crippen molar-refractivity contribution in [3.8, 4) is 11.5 Å². The van der Waals surface area contributed by atoms with E-state index in [0.717, 1.165) is 5.56 Å². The molecule has 3 aromatic rings. The first-order chi connectivity index (χ1) is 15.5. The molecule has 0 radical (unpaired) electrons. The Morgan fingerprint density at radius 3 is 2.72 bits per heavy atom.